The van der Waals surface area contributed by atoms with Crippen molar-refractivity contribution in [1.82, 2.24) is 41.6 Å². The zero-order chi connectivity index (χ0) is 47.2. The van der Waals surface area contributed by atoms with E-state index in [0.29, 0.717) is 61.5 Å². The molecule has 20 nitrogen and oxygen atoms in total. The predicted octanol–water partition coefficient (Wildman–Crippen LogP) is 3.32. The molecule has 10 N–H and O–H groups in total. The summed E-state index contributed by atoms with van der Waals surface area (Å²) in [7, 11) is 1.46. The van der Waals surface area contributed by atoms with Crippen LogP contribution in [0.25, 0.3) is 0 Å². The third-order valence-electron chi connectivity index (χ3n) is 11.9. The summed E-state index contributed by atoms with van der Waals surface area (Å²) in [5, 5.41) is 25.1. The number of aromatic nitrogens is 3. The number of amides is 7. The number of ether oxygens (including phenoxy) is 3. The number of nitrogens with two attached hydrogens (primary N) is 2. The Labute approximate surface area is 376 Å². The molecular weight excluding hydrogens is 827 g/mol. The van der Waals surface area contributed by atoms with Gasteiger partial charge in [-0.05, 0) is 127 Å². The van der Waals surface area contributed by atoms with Crippen LogP contribution < -0.4 is 43.4 Å². The molecule has 20 heteroatoms. The van der Waals surface area contributed by atoms with Crippen molar-refractivity contribution in [2.45, 2.75) is 142 Å². The largest absolute Gasteiger partial charge is 0.449 e. The Morgan fingerprint density at radius 1 is 0.891 bits per heavy atom. The average molecular weight is 898 g/mol. The lowest BCUT2D eigenvalue weighted by atomic mass is 9.97. The molecule has 1 saturated carbocycles. The molecule has 1 aromatic heterocycles. The zero-order valence-corrected chi connectivity index (χ0v) is 38.7. The smallest absolute Gasteiger partial charge is 0.408 e. The fourth-order valence-corrected chi connectivity index (χ4v) is 8.03. The highest BCUT2D eigenvalue weighted by atomic mass is 16.6. The highest BCUT2D eigenvalue weighted by Crippen LogP contribution is 2.53. The number of anilines is 1. The van der Waals surface area contributed by atoms with E-state index in [1.165, 1.54) is 7.05 Å². The third-order valence-corrected chi connectivity index (χ3v) is 11.9. The number of rotatable bonds is 23. The first-order valence-corrected chi connectivity index (χ1v) is 22.3. The maximum Gasteiger partial charge on any atom is 0.408 e. The van der Waals surface area contributed by atoms with Gasteiger partial charge in [-0.3, -0.25) is 14.4 Å². The van der Waals surface area contributed by atoms with Gasteiger partial charge < -0.3 is 57.6 Å². The molecule has 0 aliphatic heterocycles. The van der Waals surface area contributed by atoms with Crippen molar-refractivity contribution in [3.05, 3.63) is 41.2 Å². The average Bonchev–Trinajstić information content (AvgIpc) is 3.70. The molecule has 5 unspecified atom stereocenters. The number of carbonyl (C=O) groups excluding carboxylic acids is 6. The van der Waals surface area contributed by atoms with E-state index in [2.05, 4.69) is 56.1 Å². The molecule has 2 aromatic rings. The second-order valence-electron chi connectivity index (χ2n) is 18.5. The van der Waals surface area contributed by atoms with Gasteiger partial charge in [-0.15, -0.1) is 5.10 Å². The number of fused-ring (bicyclic) bond motifs is 2. The van der Waals surface area contributed by atoms with Crippen molar-refractivity contribution in [3.63, 3.8) is 0 Å². The molecule has 1 heterocycles. The van der Waals surface area contributed by atoms with E-state index < -0.39 is 59.4 Å². The van der Waals surface area contributed by atoms with Gasteiger partial charge in [0.05, 0.1) is 35.3 Å². The van der Waals surface area contributed by atoms with Gasteiger partial charge in [0.25, 0.3) is 0 Å². The molecule has 7 amide bonds. The van der Waals surface area contributed by atoms with E-state index in [0.717, 1.165) is 37.1 Å². The van der Waals surface area contributed by atoms with Crippen molar-refractivity contribution in [2.24, 2.45) is 35.1 Å². The van der Waals surface area contributed by atoms with Crippen molar-refractivity contribution in [2.75, 3.05) is 32.1 Å². The van der Waals surface area contributed by atoms with Gasteiger partial charge >= 0.3 is 18.2 Å². The maximum atomic E-state index is 13.7. The summed E-state index contributed by atoms with van der Waals surface area (Å²) in [6.45, 7) is 14.4. The number of nitrogens with zero attached hydrogens (tertiary/aromatic N) is 3. The number of hydrogen-bond acceptors (Lipinski definition) is 12. The van der Waals surface area contributed by atoms with Gasteiger partial charge in [-0.2, -0.15) is 0 Å². The van der Waals surface area contributed by atoms with Crippen molar-refractivity contribution >= 4 is 41.6 Å². The molecule has 356 valence electrons. The van der Waals surface area contributed by atoms with Crippen LogP contribution in [-0.2, 0) is 53.6 Å². The van der Waals surface area contributed by atoms with E-state index in [1.807, 2.05) is 18.5 Å². The molecular formula is C44H71N11O9. The molecule has 0 spiro atoms. The first kappa shape index (κ1) is 51.1. The lowest BCUT2D eigenvalue weighted by molar-refractivity contribution is -0.132. The van der Waals surface area contributed by atoms with Gasteiger partial charge in [-0.25, -0.2) is 19.1 Å². The highest BCUT2D eigenvalue weighted by molar-refractivity contribution is 5.98. The van der Waals surface area contributed by atoms with Crippen LogP contribution in [0.4, 0.5) is 20.1 Å². The first-order valence-electron chi connectivity index (χ1n) is 22.3. The molecule has 64 heavy (non-hydrogen) atoms. The first-order chi connectivity index (χ1) is 30.2. The summed E-state index contributed by atoms with van der Waals surface area (Å²) in [4.78, 5) is 75.2. The molecule has 0 saturated heterocycles. The number of primary amides is 1. The predicted molar refractivity (Wildman–Crippen MR) is 238 cm³/mol. The molecule has 6 atom stereocenters. The number of nitrogens with one attached hydrogen (secondary N) is 6. The summed E-state index contributed by atoms with van der Waals surface area (Å²) in [6, 6.07) is 4.04. The van der Waals surface area contributed by atoms with Crippen LogP contribution in [0, 0.1) is 23.7 Å². The minimum absolute atomic E-state index is 0.0404. The molecule has 1 aromatic carbocycles. The second-order valence-corrected chi connectivity index (χ2v) is 18.5. The topological polar surface area (TPSA) is 285 Å². The fraction of sp³-hybridized carbons (Fsp3) is 0.682. The van der Waals surface area contributed by atoms with E-state index >= 15 is 0 Å². The zero-order valence-electron chi connectivity index (χ0n) is 38.7. The van der Waals surface area contributed by atoms with Crippen molar-refractivity contribution < 1.29 is 43.0 Å². The molecule has 2 aliphatic rings. The summed E-state index contributed by atoms with van der Waals surface area (Å²) in [6.07, 6.45) is 3.72. The summed E-state index contributed by atoms with van der Waals surface area (Å²) < 4.78 is 18.9. The normalized spacial score (nSPS) is 18.4. The van der Waals surface area contributed by atoms with Crippen LogP contribution in [0.2, 0.25) is 0 Å². The standard InChI is InChI=1S/C44H71N11O9/c1-26(2)37(39(58)51-34(10-9-22-48-40(46)59)38(57)50-29-13-11-28(12-14-29)24-62-41(60)47-8)52-36(56)19-20-44(6,7)64-23-21-43(4,5)55-35-18-16-31-30(15-17-33(35)53-54-55)32(31)25-63-42(61)49-27(3)45/h11-14,26-27,30-32,34,37H,9-10,15-25,45H2,1-8H3,(H,47,60)(H,49,61)(H,50,57)(H,51,58)(H,52,56)(H3,46,48,59)/t27?,30?,31?,32?,34-,37?/m0/s1. The van der Waals surface area contributed by atoms with Gasteiger partial charge in [-0.1, -0.05) is 31.2 Å². The Kier molecular flexibility index (Phi) is 18.7. The molecule has 2 aliphatic carbocycles. The van der Waals surface area contributed by atoms with Gasteiger partial charge in [0.15, 0.2) is 0 Å². The third kappa shape index (κ3) is 15.9. The Balaban J connectivity index is 1.26. The SMILES string of the molecule is CNC(=O)OCc1ccc(NC(=O)[C@H](CCCNC(N)=O)NC(=O)C(NC(=O)CCC(C)(C)OCCC(C)(C)n2nnc3c2CCC2C(CC3)C2COC(=O)NC(C)N)C(C)C)cc1. The number of carbonyl (C=O) groups is 6. The van der Waals surface area contributed by atoms with Gasteiger partial charge in [0, 0.05) is 32.3 Å². The maximum absolute atomic E-state index is 13.7. The fourth-order valence-electron chi connectivity index (χ4n) is 8.03. The minimum Gasteiger partial charge on any atom is -0.449 e. The van der Waals surface area contributed by atoms with Gasteiger partial charge in [0.1, 0.15) is 18.7 Å². The lowest BCUT2D eigenvalue weighted by Gasteiger charge is -2.31. The highest BCUT2D eigenvalue weighted by Gasteiger charge is 2.50. The van der Waals surface area contributed by atoms with Crippen molar-refractivity contribution in [1.29, 1.82) is 0 Å². The monoisotopic (exact) mass is 898 g/mol. The van der Waals surface area contributed by atoms with Crippen LogP contribution in [0.5, 0.6) is 0 Å². The molecule has 0 radical (unpaired) electrons. The number of alkyl carbamates (subject to hydrolysis) is 2. The summed E-state index contributed by atoms with van der Waals surface area (Å²) in [5.41, 5.74) is 13.1. The Morgan fingerprint density at radius 2 is 1.58 bits per heavy atom. The number of benzene rings is 1. The second kappa shape index (κ2) is 23.4. The quantitative estimate of drug-likeness (QED) is 0.0589. The molecule has 0 bridgehead atoms. The van der Waals surface area contributed by atoms with Crippen molar-refractivity contribution in [3.8, 4) is 0 Å². The minimum atomic E-state index is -1.00. The molecule has 4 rings (SSSR count). The molecule has 1 fully saturated rings. The van der Waals surface area contributed by atoms with E-state index in [1.54, 1.807) is 45.0 Å². The van der Waals surface area contributed by atoms with Crippen LogP contribution in [0.3, 0.4) is 0 Å². The Hall–Kier alpha value is -5.50. The van der Waals surface area contributed by atoms with E-state index in [9.17, 15) is 28.8 Å². The van der Waals surface area contributed by atoms with Gasteiger partial charge in [0.2, 0.25) is 17.7 Å². The number of aryl methyl sites for hydroxylation is 1. The van der Waals surface area contributed by atoms with Crippen LogP contribution >= 0.6 is 0 Å². The summed E-state index contributed by atoms with van der Waals surface area (Å²) >= 11 is 0. The number of hydrogen-bond donors (Lipinski definition) is 8. The Morgan fingerprint density at radius 3 is 2.22 bits per heavy atom. The van der Waals surface area contributed by atoms with Crippen LogP contribution in [0.1, 0.15) is 110 Å². The van der Waals surface area contributed by atoms with E-state index in [4.69, 9.17) is 25.7 Å². The van der Waals surface area contributed by atoms with E-state index in [-0.39, 0.29) is 37.8 Å². The Bertz CT molecular complexity index is 1900. The number of urea groups is 1. The summed E-state index contributed by atoms with van der Waals surface area (Å²) in [5.74, 6) is -0.336. The lowest BCUT2D eigenvalue weighted by Crippen LogP contribution is -2.54. The van der Waals surface area contributed by atoms with Crippen LogP contribution in [0.15, 0.2) is 24.3 Å². The van der Waals surface area contributed by atoms with Crippen LogP contribution in [-0.4, -0.2) is 102 Å².